The lowest BCUT2D eigenvalue weighted by atomic mass is 10.2. The molecule has 10 nitrogen and oxygen atoms in total. The van der Waals surface area contributed by atoms with Crippen LogP contribution in [0.2, 0.25) is 0 Å². The molecule has 12 heteroatoms. The fourth-order valence-corrected chi connectivity index (χ4v) is 3.48. The van der Waals surface area contributed by atoms with E-state index in [2.05, 4.69) is 0 Å². The average molecular weight is 428 g/mol. The molecule has 1 aromatic rings. The van der Waals surface area contributed by atoms with Crippen LogP contribution in [-0.2, 0) is 14.3 Å². The van der Waals surface area contributed by atoms with Gasteiger partial charge in [-0.05, 0) is 0 Å². The van der Waals surface area contributed by atoms with Gasteiger partial charge in [-0.3, -0.25) is 9.69 Å². The summed E-state index contributed by atoms with van der Waals surface area (Å²) in [7, 11) is 0. The van der Waals surface area contributed by atoms with Crippen LogP contribution in [-0.4, -0.2) is 79.9 Å². The molecule has 1 aromatic carbocycles. The number of piperazine rings is 1. The van der Waals surface area contributed by atoms with Gasteiger partial charge in [-0.1, -0.05) is 0 Å². The molecule has 0 aliphatic carbocycles. The van der Waals surface area contributed by atoms with Crippen molar-refractivity contribution in [2.45, 2.75) is 13.0 Å². The van der Waals surface area contributed by atoms with E-state index in [1.165, 1.54) is 9.80 Å². The number of aliphatic hydroxyl groups excluding tert-OH is 1. The Morgan fingerprint density at radius 2 is 1.83 bits per heavy atom. The van der Waals surface area contributed by atoms with Gasteiger partial charge in [0.25, 0.3) is 0 Å². The molecular weight excluding hydrogens is 406 g/mol. The molecule has 2 aliphatic heterocycles. The fourth-order valence-electron chi connectivity index (χ4n) is 3.48. The number of ether oxygens (including phenoxy) is 1. The number of halogens is 2. The average Bonchev–Trinajstić information content (AvgIpc) is 3.07. The minimum absolute atomic E-state index is 0.0642. The van der Waals surface area contributed by atoms with E-state index < -0.39 is 47.3 Å². The fraction of sp³-hybridized carbons (Fsp3) is 0.500. The highest BCUT2D eigenvalue weighted by molar-refractivity contribution is 5.90. The molecule has 164 valence electrons. The third kappa shape index (κ3) is 4.50. The molecule has 2 saturated heterocycles. The minimum Gasteiger partial charge on any atom is -0.627 e. The zero-order chi connectivity index (χ0) is 22.0. The highest BCUT2D eigenvalue weighted by Crippen LogP contribution is 2.31. The van der Waals surface area contributed by atoms with Gasteiger partial charge < -0.3 is 29.9 Å². The number of amides is 3. The van der Waals surface area contributed by atoms with Crippen LogP contribution in [0.25, 0.3) is 0 Å². The number of cyclic esters (lactones) is 1. The van der Waals surface area contributed by atoms with Crippen LogP contribution in [0.5, 0.6) is 0 Å². The predicted octanol–water partition coefficient (Wildman–Crippen LogP) is -1.14. The largest absolute Gasteiger partial charge is 0.627 e. The standard InChI is InChI=1S/C18H22F2N4O6/c1-11(26)24(29)9-13-8-23(18(28)30-13)12-6-14(19)17(15(20)7-12)22-4-2-21(3-5-22)16(27)10-25/h6-7,13,24-25H,2-5,8-10H2,1H3. The van der Waals surface area contributed by atoms with Crippen LogP contribution < -0.4 is 14.9 Å². The minimum atomic E-state index is -0.886. The smallest absolute Gasteiger partial charge is 0.414 e. The lowest BCUT2D eigenvalue weighted by Gasteiger charge is -2.36. The summed E-state index contributed by atoms with van der Waals surface area (Å²) in [6.45, 7) is 0.867. The number of benzene rings is 1. The van der Waals surface area contributed by atoms with Crippen molar-refractivity contribution in [1.82, 2.24) is 4.90 Å². The first-order chi connectivity index (χ1) is 14.2. The molecule has 0 radical (unpaired) electrons. The molecule has 3 amide bonds. The van der Waals surface area contributed by atoms with E-state index in [0.717, 1.165) is 24.0 Å². The van der Waals surface area contributed by atoms with E-state index in [-0.39, 0.29) is 50.6 Å². The summed E-state index contributed by atoms with van der Waals surface area (Å²) in [5.41, 5.74) is -0.337. The predicted molar refractivity (Wildman–Crippen MR) is 99.7 cm³/mol. The van der Waals surface area contributed by atoms with Gasteiger partial charge in [0.05, 0.1) is 19.2 Å². The van der Waals surface area contributed by atoms with E-state index in [4.69, 9.17) is 9.84 Å². The summed E-state index contributed by atoms with van der Waals surface area (Å²) in [5, 5.41) is 19.7. The second kappa shape index (κ2) is 8.90. The van der Waals surface area contributed by atoms with Crippen LogP contribution >= 0.6 is 0 Å². The number of carbonyl (C=O) groups is 3. The SMILES string of the molecule is CC(=O)[N@@H+]([O-])CC1CN(c2cc(F)c(N3CCN(C(=O)CO)CC3)c(F)c2)C(=O)O1. The maximum absolute atomic E-state index is 14.7. The Kier molecular flexibility index (Phi) is 6.48. The second-order valence-corrected chi connectivity index (χ2v) is 7.08. The molecule has 30 heavy (non-hydrogen) atoms. The van der Waals surface area contributed by atoms with E-state index >= 15 is 0 Å². The number of rotatable bonds is 5. The Morgan fingerprint density at radius 3 is 2.37 bits per heavy atom. The van der Waals surface area contributed by atoms with E-state index in [0.29, 0.717) is 0 Å². The van der Waals surface area contributed by atoms with Crippen LogP contribution in [0.3, 0.4) is 0 Å². The van der Waals surface area contributed by atoms with E-state index in [9.17, 15) is 28.4 Å². The zero-order valence-electron chi connectivity index (χ0n) is 16.3. The molecular formula is C18H22F2N4O6. The molecule has 0 saturated carbocycles. The van der Waals surface area contributed by atoms with Gasteiger partial charge in [-0.15, -0.1) is 0 Å². The van der Waals surface area contributed by atoms with Crippen molar-refractivity contribution in [3.63, 3.8) is 0 Å². The van der Waals surface area contributed by atoms with Crippen molar-refractivity contribution in [2.75, 3.05) is 55.7 Å². The molecule has 3 rings (SSSR count). The number of nitrogens with zero attached hydrogens (tertiary/aromatic N) is 3. The van der Waals surface area contributed by atoms with E-state index in [1.54, 1.807) is 0 Å². The highest BCUT2D eigenvalue weighted by atomic mass is 19.1. The summed E-state index contributed by atoms with van der Waals surface area (Å²) < 4.78 is 34.5. The lowest BCUT2D eigenvalue weighted by Crippen LogP contribution is -3.10. The molecule has 2 fully saturated rings. The molecule has 0 spiro atoms. The molecule has 1 unspecified atom stereocenters. The van der Waals surface area contributed by atoms with Gasteiger partial charge in [0.1, 0.15) is 18.8 Å². The van der Waals surface area contributed by atoms with Crippen molar-refractivity contribution in [3.05, 3.63) is 29.0 Å². The molecule has 0 bridgehead atoms. The third-order valence-electron chi connectivity index (χ3n) is 5.08. The van der Waals surface area contributed by atoms with Gasteiger partial charge in [0, 0.05) is 38.3 Å². The summed E-state index contributed by atoms with van der Waals surface area (Å²) in [6, 6.07) is 2.00. The second-order valence-electron chi connectivity index (χ2n) is 7.08. The highest BCUT2D eigenvalue weighted by Gasteiger charge is 2.36. The van der Waals surface area contributed by atoms with Crippen LogP contribution in [0.15, 0.2) is 12.1 Å². The Morgan fingerprint density at radius 1 is 1.23 bits per heavy atom. The van der Waals surface area contributed by atoms with Gasteiger partial charge in [0.15, 0.2) is 17.7 Å². The number of aliphatic hydroxyl groups is 1. The van der Waals surface area contributed by atoms with Gasteiger partial charge in [-0.2, -0.15) is 0 Å². The summed E-state index contributed by atoms with van der Waals surface area (Å²) in [5.74, 6) is -2.88. The van der Waals surface area contributed by atoms with Crippen molar-refractivity contribution >= 4 is 29.3 Å². The lowest BCUT2D eigenvalue weighted by molar-refractivity contribution is -0.768. The summed E-state index contributed by atoms with van der Waals surface area (Å²) in [4.78, 5) is 38.5. The van der Waals surface area contributed by atoms with Crippen LogP contribution in [0.1, 0.15) is 6.92 Å². The number of hydrogen-bond donors (Lipinski definition) is 2. The maximum atomic E-state index is 14.7. The van der Waals surface area contributed by atoms with E-state index in [1.807, 2.05) is 0 Å². The van der Waals surface area contributed by atoms with Crippen LogP contribution in [0, 0.1) is 16.8 Å². The van der Waals surface area contributed by atoms with Crippen molar-refractivity contribution in [2.24, 2.45) is 0 Å². The Balaban J connectivity index is 1.71. The monoisotopic (exact) mass is 428 g/mol. The topological polar surface area (TPSA) is 118 Å². The van der Waals surface area contributed by atoms with Gasteiger partial charge in [0.2, 0.25) is 5.91 Å². The normalized spacial score (nSPS) is 20.4. The number of nitrogens with one attached hydrogen (secondary N) is 1. The third-order valence-corrected chi connectivity index (χ3v) is 5.08. The molecule has 2 aliphatic rings. The first-order valence-electron chi connectivity index (χ1n) is 9.35. The number of quaternary nitrogens is 1. The molecule has 2 heterocycles. The van der Waals surface area contributed by atoms with Crippen molar-refractivity contribution < 1.29 is 38.1 Å². The van der Waals surface area contributed by atoms with Crippen LogP contribution in [0.4, 0.5) is 25.0 Å². The Labute approximate surface area is 170 Å². The molecule has 2 N–H and O–H groups in total. The van der Waals surface area contributed by atoms with Crippen molar-refractivity contribution in [3.8, 4) is 0 Å². The molecule has 2 atom stereocenters. The Hall–Kier alpha value is -2.83. The number of hydrogen-bond acceptors (Lipinski definition) is 7. The number of hydroxylamine groups is 2. The van der Waals surface area contributed by atoms with Gasteiger partial charge >= 0.3 is 12.0 Å². The quantitative estimate of drug-likeness (QED) is 0.570. The first kappa shape index (κ1) is 21.9. The van der Waals surface area contributed by atoms with Crippen molar-refractivity contribution in [1.29, 1.82) is 0 Å². The number of carbonyl (C=O) groups excluding carboxylic acids is 3. The maximum Gasteiger partial charge on any atom is 0.414 e. The zero-order valence-corrected chi connectivity index (χ0v) is 16.3. The first-order valence-corrected chi connectivity index (χ1v) is 9.35. The summed E-state index contributed by atoms with van der Waals surface area (Å²) in [6.07, 6.45) is -1.74. The number of anilines is 2. The molecule has 0 aromatic heterocycles. The summed E-state index contributed by atoms with van der Waals surface area (Å²) >= 11 is 0. The Bertz CT molecular complexity index is 823. The van der Waals surface area contributed by atoms with Gasteiger partial charge in [-0.25, -0.2) is 18.4 Å².